The van der Waals surface area contributed by atoms with E-state index in [1.54, 1.807) is 5.57 Å². The van der Waals surface area contributed by atoms with Gasteiger partial charge in [0.05, 0.1) is 11.2 Å². The maximum Gasteiger partial charge on any atom is 0.112 e. The van der Waals surface area contributed by atoms with E-state index in [1.165, 1.54) is 19.3 Å². The third-order valence-electron chi connectivity index (χ3n) is 3.44. The summed E-state index contributed by atoms with van der Waals surface area (Å²) >= 11 is 3.42. The Labute approximate surface area is 121 Å². The van der Waals surface area contributed by atoms with Crippen molar-refractivity contribution in [1.29, 1.82) is 0 Å². The summed E-state index contributed by atoms with van der Waals surface area (Å²) in [6, 6.07) is 3.99. The zero-order chi connectivity index (χ0) is 13.1. The van der Waals surface area contributed by atoms with Crippen molar-refractivity contribution in [2.75, 3.05) is 11.9 Å². The van der Waals surface area contributed by atoms with Gasteiger partial charge in [-0.05, 0) is 53.7 Å². The van der Waals surface area contributed by atoms with E-state index in [2.05, 4.69) is 37.3 Å². The maximum absolute atomic E-state index is 4.44. The highest BCUT2D eigenvalue weighted by Crippen LogP contribution is 2.23. The monoisotopic (exact) mass is 317 g/mol. The first-order chi connectivity index (χ1) is 9.33. The number of allylic oxidation sites excluding steroid dienone is 1. The Morgan fingerprint density at radius 1 is 1.32 bits per heavy atom. The van der Waals surface area contributed by atoms with Crippen molar-refractivity contribution in [2.24, 2.45) is 0 Å². The molecule has 0 fully saturated rings. The van der Waals surface area contributed by atoms with Crippen LogP contribution in [0.1, 0.15) is 25.7 Å². The second kappa shape index (κ2) is 5.70. The summed E-state index contributed by atoms with van der Waals surface area (Å²) in [7, 11) is 0. The first kappa shape index (κ1) is 12.6. The fraction of sp³-hybridized carbons (Fsp3) is 0.333. The lowest BCUT2D eigenvalue weighted by Gasteiger charge is -2.09. The lowest BCUT2D eigenvalue weighted by atomic mass is 10.1. The summed E-state index contributed by atoms with van der Waals surface area (Å²) in [5, 5.41) is 3.48. The van der Waals surface area contributed by atoms with Gasteiger partial charge < -0.3 is 5.32 Å². The summed E-state index contributed by atoms with van der Waals surface area (Å²) in [5.74, 6) is 0. The SMILES string of the molecule is Brc1cnc2c(NCCC3=CCCC3)ccnc2c1. The molecular weight excluding hydrogens is 302 g/mol. The minimum Gasteiger partial charge on any atom is -0.383 e. The van der Waals surface area contributed by atoms with Crippen LogP contribution in [0.3, 0.4) is 0 Å². The van der Waals surface area contributed by atoms with Gasteiger partial charge in [0.1, 0.15) is 5.52 Å². The molecule has 0 saturated carbocycles. The van der Waals surface area contributed by atoms with Gasteiger partial charge in [-0.3, -0.25) is 9.97 Å². The predicted octanol–water partition coefficient (Wildman–Crippen LogP) is 4.30. The van der Waals surface area contributed by atoms with Gasteiger partial charge in [-0.25, -0.2) is 0 Å². The van der Waals surface area contributed by atoms with E-state index in [0.717, 1.165) is 34.2 Å². The summed E-state index contributed by atoms with van der Waals surface area (Å²) in [5.41, 5.74) is 4.50. The van der Waals surface area contributed by atoms with Crippen LogP contribution in [0.5, 0.6) is 0 Å². The molecule has 2 heterocycles. The van der Waals surface area contributed by atoms with Crippen LogP contribution < -0.4 is 5.32 Å². The molecule has 0 bridgehead atoms. The Morgan fingerprint density at radius 2 is 2.26 bits per heavy atom. The zero-order valence-electron chi connectivity index (χ0n) is 10.7. The number of nitrogens with zero attached hydrogens (tertiary/aromatic N) is 2. The molecule has 1 aliphatic carbocycles. The summed E-state index contributed by atoms with van der Waals surface area (Å²) in [4.78, 5) is 8.79. The average molecular weight is 318 g/mol. The van der Waals surface area contributed by atoms with Crippen LogP contribution in [0.25, 0.3) is 11.0 Å². The minimum atomic E-state index is 0.916. The van der Waals surface area contributed by atoms with Crippen LogP contribution >= 0.6 is 15.9 Å². The van der Waals surface area contributed by atoms with Crippen molar-refractivity contribution >= 4 is 32.7 Å². The van der Waals surface area contributed by atoms with E-state index in [0.29, 0.717) is 0 Å². The smallest absolute Gasteiger partial charge is 0.112 e. The second-order valence-corrected chi connectivity index (χ2v) is 5.73. The van der Waals surface area contributed by atoms with Crippen molar-refractivity contribution in [3.05, 3.63) is 40.6 Å². The molecule has 1 aliphatic rings. The number of halogens is 1. The van der Waals surface area contributed by atoms with Gasteiger partial charge in [0.15, 0.2) is 0 Å². The molecule has 0 unspecified atom stereocenters. The molecule has 3 nitrogen and oxygen atoms in total. The highest BCUT2D eigenvalue weighted by molar-refractivity contribution is 9.10. The molecule has 19 heavy (non-hydrogen) atoms. The Hall–Kier alpha value is -1.42. The number of rotatable bonds is 4. The fourth-order valence-corrected chi connectivity index (χ4v) is 2.79. The van der Waals surface area contributed by atoms with Gasteiger partial charge in [-0.2, -0.15) is 0 Å². The molecule has 3 rings (SSSR count). The van der Waals surface area contributed by atoms with Crippen molar-refractivity contribution in [3.8, 4) is 0 Å². The zero-order valence-corrected chi connectivity index (χ0v) is 12.3. The van der Waals surface area contributed by atoms with Crippen LogP contribution in [0.2, 0.25) is 0 Å². The molecular formula is C15H16BrN3. The van der Waals surface area contributed by atoms with Crippen LogP contribution in [-0.4, -0.2) is 16.5 Å². The van der Waals surface area contributed by atoms with E-state index in [1.807, 2.05) is 24.5 Å². The third-order valence-corrected chi connectivity index (χ3v) is 3.87. The van der Waals surface area contributed by atoms with E-state index in [9.17, 15) is 0 Å². The molecule has 0 spiro atoms. The molecule has 1 N–H and O–H groups in total. The predicted molar refractivity (Wildman–Crippen MR) is 82.3 cm³/mol. The third kappa shape index (κ3) is 2.95. The lowest BCUT2D eigenvalue weighted by molar-refractivity contribution is 0.863. The van der Waals surface area contributed by atoms with Crippen molar-refractivity contribution in [1.82, 2.24) is 9.97 Å². The molecule has 2 aromatic heterocycles. The highest BCUT2D eigenvalue weighted by atomic mass is 79.9. The Kier molecular flexibility index (Phi) is 3.78. The van der Waals surface area contributed by atoms with Gasteiger partial charge >= 0.3 is 0 Å². The Bertz CT molecular complexity index is 622. The first-order valence-electron chi connectivity index (χ1n) is 6.65. The molecule has 0 radical (unpaired) electrons. The number of hydrogen-bond donors (Lipinski definition) is 1. The molecule has 0 atom stereocenters. The average Bonchev–Trinajstić information content (AvgIpc) is 2.92. The quantitative estimate of drug-likeness (QED) is 0.854. The minimum absolute atomic E-state index is 0.916. The topological polar surface area (TPSA) is 37.8 Å². The number of pyridine rings is 2. The fourth-order valence-electron chi connectivity index (χ4n) is 2.47. The van der Waals surface area contributed by atoms with E-state index in [4.69, 9.17) is 0 Å². The molecule has 0 saturated heterocycles. The second-order valence-electron chi connectivity index (χ2n) is 4.81. The lowest BCUT2D eigenvalue weighted by Crippen LogP contribution is -2.03. The maximum atomic E-state index is 4.44. The van der Waals surface area contributed by atoms with Crippen LogP contribution in [-0.2, 0) is 0 Å². The Balaban J connectivity index is 1.73. The van der Waals surface area contributed by atoms with Gasteiger partial charge in [0.25, 0.3) is 0 Å². The normalized spacial score (nSPS) is 14.7. The van der Waals surface area contributed by atoms with E-state index >= 15 is 0 Å². The number of hydrogen-bond acceptors (Lipinski definition) is 3. The molecule has 0 aromatic carbocycles. The molecule has 0 aliphatic heterocycles. The van der Waals surface area contributed by atoms with E-state index < -0.39 is 0 Å². The van der Waals surface area contributed by atoms with Gasteiger partial charge in [0, 0.05) is 23.4 Å². The van der Waals surface area contributed by atoms with E-state index in [-0.39, 0.29) is 0 Å². The van der Waals surface area contributed by atoms with Crippen molar-refractivity contribution < 1.29 is 0 Å². The van der Waals surface area contributed by atoms with Crippen molar-refractivity contribution in [3.63, 3.8) is 0 Å². The summed E-state index contributed by atoms with van der Waals surface area (Å²) in [6.45, 7) is 0.961. The van der Waals surface area contributed by atoms with Crippen LogP contribution in [0, 0.1) is 0 Å². The van der Waals surface area contributed by atoms with Crippen LogP contribution in [0.15, 0.2) is 40.6 Å². The summed E-state index contributed by atoms with van der Waals surface area (Å²) < 4.78 is 0.959. The number of nitrogens with one attached hydrogen (secondary N) is 1. The first-order valence-corrected chi connectivity index (χ1v) is 7.44. The van der Waals surface area contributed by atoms with Crippen LogP contribution in [0.4, 0.5) is 5.69 Å². The summed E-state index contributed by atoms with van der Waals surface area (Å²) in [6.07, 6.45) is 11.0. The van der Waals surface area contributed by atoms with Gasteiger partial charge in [-0.15, -0.1) is 0 Å². The number of anilines is 1. The molecule has 0 amide bonds. The largest absolute Gasteiger partial charge is 0.383 e. The van der Waals surface area contributed by atoms with Gasteiger partial charge in [-0.1, -0.05) is 11.6 Å². The number of aromatic nitrogens is 2. The van der Waals surface area contributed by atoms with Gasteiger partial charge in [0.2, 0.25) is 0 Å². The van der Waals surface area contributed by atoms with Crippen molar-refractivity contribution in [2.45, 2.75) is 25.7 Å². The number of fused-ring (bicyclic) bond motifs is 1. The highest BCUT2D eigenvalue weighted by Gasteiger charge is 2.06. The Morgan fingerprint density at radius 3 is 3.11 bits per heavy atom. The standard InChI is InChI=1S/C15H16BrN3/c16-12-9-14-15(19-10-12)13(6-8-18-14)17-7-5-11-3-1-2-4-11/h3,6,8-10H,1-2,4-5,7H2,(H,17,18). The molecule has 98 valence electrons. The molecule has 2 aromatic rings. The molecule has 4 heteroatoms.